The molecule has 1 N–H and O–H groups in total. The molecule has 0 saturated carbocycles. The van der Waals surface area contributed by atoms with E-state index in [4.69, 9.17) is 14.2 Å². The first-order valence-electron chi connectivity index (χ1n) is 7.25. The van der Waals surface area contributed by atoms with Gasteiger partial charge in [0, 0.05) is 29.6 Å². The molecule has 2 aliphatic rings. The summed E-state index contributed by atoms with van der Waals surface area (Å²) in [5, 5.41) is 10.2. The van der Waals surface area contributed by atoms with Crippen molar-refractivity contribution in [3.05, 3.63) is 34.4 Å². The summed E-state index contributed by atoms with van der Waals surface area (Å²) in [6, 6.07) is 3.32. The van der Waals surface area contributed by atoms with Crippen LogP contribution < -0.4 is 4.74 Å². The van der Waals surface area contributed by atoms with Gasteiger partial charge in [0.2, 0.25) is 0 Å². The summed E-state index contributed by atoms with van der Waals surface area (Å²) in [4.78, 5) is 23.1. The van der Waals surface area contributed by atoms with E-state index < -0.39 is 0 Å². The fraction of sp³-hybridized carbons (Fsp3) is 0.294. The van der Waals surface area contributed by atoms with Gasteiger partial charge in [0.1, 0.15) is 0 Å². The first-order chi connectivity index (χ1) is 11.1. The lowest BCUT2D eigenvalue weighted by molar-refractivity contribution is -0.135. The quantitative estimate of drug-likeness (QED) is 0.679. The van der Waals surface area contributed by atoms with Crippen molar-refractivity contribution in [2.24, 2.45) is 0 Å². The maximum atomic E-state index is 11.6. The number of cyclic esters (lactones) is 2. The minimum absolute atomic E-state index is 0.0594. The Hall–Kier alpha value is -2.76. The molecule has 0 bridgehead atoms. The number of carbonyl (C=O) groups excluding carboxylic acids is 2. The molecule has 2 saturated heterocycles. The van der Waals surface area contributed by atoms with Crippen LogP contribution in [0.25, 0.3) is 12.2 Å². The molecular formula is C17H16O6. The molecule has 0 unspecified atom stereocenters. The highest BCUT2D eigenvalue weighted by atomic mass is 16.5. The van der Waals surface area contributed by atoms with Crippen LogP contribution >= 0.6 is 0 Å². The average molecular weight is 316 g/mol. The standard InChI is InChI=1S/C17H16O6/c1-21-14-8-10(6-11-2-4-22-16(11)19)7-13(15(14)18)9-12-3-5-23-17(12)20/h6-9,18H,2-5H2,1H3. The minimum atomic E-state index is -0.383. The number of ether oxygens (including phenoxy) is 3. The van der Waals surface area contributed by atoms with Gasteiger partial charge in [-0.25, -0.2) is 9.59 Å². The zero-order chi connectivity index (χ0) is 16.4. The molecule has 0 aliphatic carbocycles. The lowest BCUT2D eigenvalue weighted by Crippen LogP contribution is -1.96. The molecule has 1 aromatic carbocycles. The molecule has 2 fully saturated rings. The zero-order valence-electron chi connectivity index (χ0n) is 12.6. The summed E-state index contributed by atoms with van der Waals surface area (Å²) >= 11 is 0. The maximum absolute atomic E-state index is 11.6. The van der Waals surface area contributed by atoms with Crippen molar-refractivity contribution in [2.45, 2.75) is 12.8 Å². The van der Waals surface area contributed by atoms with Crippen molar-refractivity contribution in [3.63, 3.8) is 0 Å². The van der Waals surface area contributed by atoms with E-state index in [2.05, 4.69) is 0 Å². The smallest absolute Gasteiger partial charge is 0.334 e. The van der Waals surface area contributed by atoms with Crippen molar-refractivity contribution < 1.29 is 28.9 Å². The third-order valence-corrected chi connectivity index (χ3v) is 3.75. The Balaban J connectivity index is 2.03. The highest BCUT2D eigenvalue weighted by Crippen LogP contribution is 2.35. The number of hydrogen-bond donors (Lipinski definition) is 1. The number of benzene rings is 1. The monoisotopic (exact) mass is 316 g/mol. The van der Waals surface area contributed by atoms with Crippen molar-refractivity contribution in [3.8, 4) is 11.5 Å². The lowest BCUT2D eigenvalue weighted by atomic mass is 10.0. The predicted molar refractivity (Wildman–Crippen MR) is 81.8 cm³/mol. The van der Waals surface area contributed by atoms with Crippen LogP contribution in [-0.4, -0.2) is 37.4 Å². The number of phenols is 1. The van der Waals surface area contributed by atoms with Gasteiger partial charge < -0.3 is 19.3 Å². The minimum Gasteiger partial charge on any atom is -0.504 e. The Kier molecular flexibility index (Phi) is 4.06. The van der Waals surface area contributed by atoms with Gasteiger partial charge in [0.05, 0.1) is 20.3 Å². The van der Waals surface area contributed by atoms with E-state index in [0.717, 1.165) is 0 Å². The van der Waals surface area contributed by atoms with Crippen LogP contribution in [0.3, 0.4) is 0 Å². The Morgan fingerprint density at radius 2 is 1.65 bits per heavy atom. The Morgan fingerprint density at radius 3 is 2.17 bits per heavy atom. The van der Waals surface area contributed by atoms with Gasteiger partial charge in [0.15, 0.2) is 11.5 Å². The second-order valence-corrected chi connectivity index (χ2v) is 5.27. The fourth-order valence-corrected chi connectivity index (χ4v) is 2.55. The van der Waals surface area contributed by atoms with E-state index in [1.165, 1.54) is 7.11 Å². The van der Waals surface area contributed by atoms with Crippen LogP contribution in [0.1, 0.15) is 24.0 Å². The predicted octanol–water partition coefficient (Wildman–Crippen LogP) is 2.06. The summed E-state index contributed by atoms with van der Waals surface area (Å²) < 4.78 is 15.0. The average Bonchev–Trinajstić information content (AvgIpc) is 3.12. The first kappa shape index (κ1) is 15.1. The Morgan fingerprint density at radius 1 is 1.04 bits per heavy atom. The number of phenolic OH excluding ortho intramolecular Hbond substituents is 1. The molecule has 0 amide bonds. The number of rotatable bonds is 3. The van der Waals surface area contributed by atoms with Gasteiger partial charge in [-0.05, 0) is 29.8 Å². The van der Waals surface area contributed by atoms with Crippen LogP contribution in [0.15, 0.2) is 23.3 Å². The number of aromatic hydroxyl groups is 1. The van der Waals surface area contributed by atoms with Gasteiger partial charge in [-0.2, -0.15) is 0 Å². The topological polar surface area (TPSA) is 82.1 Å². The van der Waals surface area contributed by atoms with Gasteiger partial charge in [-0.1, -0.05) is 0 Å². The fourth-order valence-electron chi connectivity index (χ4n) is 2.55. The summed E-state index contributed by atoms with van der Waals surface area (Å²) in [6.07, 6.45) is 4.33. The van der Waals surface area contributed by atoms with E-state index in [0.29, 0.717) is 48.3 Å². The molecule has 6 nitrogen and oxygen atoms in total. The molecule has 2 aliphatic heterocycles. The molecule has 6 heteroatoms. The SMILES string of the molecule is COc1cc(C=C2CCOC2=O)cc(C=C2CCOC2=O)c1O. The van der Waals surface area contributed by atoms with E-state index in [1.807, 2.05) is 0 Å². The number of hydrogen-bond acceptors (Lipinski definition) is 6. The molecule has 0 aromatic heterocycles. The molecule has 0 spiro atoms. The van der Waals surface area contributed by atoms with Crippen molar-refractivity contribution in [1.82, 2.24) is 0 Å². The van der Waals surface area contributed by atoms with Crippen LogP contribution in [-0.2, 0) is 19.1 Å². The van der Waals surface area contributed by atoms with E-state index in [9.17, 15) is 14.7 Å². The van der Waals surface area contributed by atoms with E-state index in [1.54, 1.807) is 24.3 Å². The Bertz CT molecular complexity index is 729. The van der Waals surface area contributed by atoms with Gasteiger partial charge >= 0.3 is 11.9 Å². The van der Waals surface area contributed by atoms with Gasteiger partial charge in [-0.15, -0.1) is 0 Å². The molecule has 2 heterocycles. The number of esters is 2. The maximum Gasteiger partial charge on any atom is 0.334 e. The molecule has 0 atom stereocenters. The third kappa shape index (κ3) is 3.06. The van der Waals surface area contributed by atoms with Crippen molar-refractivity contribution in [1.29, 1.82) is 0 Å². The third-order valence-electron chi connectivity index (χ3n) is 3.75. The molecule has 0 radical (unpaired) electrons. The van der Waals surface area contributed by atoms with Crippen LogP contribution in [0.4, 0.5) is 0 Å². The second-order valence-electron chi connectivity index (χ2n) is 5.27. The summed E-state index contributed by atoms with van der Waals surface area (Å²) in [5.74, 6) is -0.511. The van der Waals surface area contributed by atoms with E-state index in [-0.39, 0.29) is 23.4 Å². The van der Waals surface area contributed by atoms with Crippen LogP contribution in [0, 0.1) is 0 Å². The summed E-state index contributed by atoms with van der Waals surface area (Å²) in [5.41, 5.74) is 2.19. The van der Waals surface area contributed by atoms with Crippen molar-refractivity contribution in [2.75, 3.05) is 20.3 Å². The molecular weight excluding hydrogens is 300 g/mol. The number of methoxy groups -OCH3 is 1. The van der Waals surface area contributed by atoms with Crippen LogP contribution in [0.2, 0.25) is 0 Å². The van der Waals surface area contributed by atoms with Gasteiger partial charge in [-0.3, -0.25) is 0 Å². The van der Waals surface area contributed by atoms with Crippen LogP contribution in [0.5, 0.6) is 11.5 Å². The van der Waals surface area contributed by atoms with Gasteiger partial charge in [0.25, 0.3) is 0 Å². The largest absolute Gasteiger partial charge is 0.504 e. The molecule has 23 heavy (non-hydrogen) atoms. The highest BCUT2D eigenvalue weighted by Gasteiger charge is 2.21. The zero-order valence-corrected chi connectivity index (χ0v) is 12.6. The number of carbonyl (C=O) groups is 2. The summed E-state index contributed by atoms with van der Waals surface area (Å²) in [7, 11) is 1.44. The molecule has 120 valence electrons. The second kappa shape index (κ2) is 6.16. The normalized spacial score (nSPS) is 20.9. The molecule has 1 aromatic rings. The first-order valence-corrected chi connectivity index (χ1v) is 7.25. The summed E-state index contributed by atoms with van der Waals surface area (Å²) in [6.45, 7) is 0.723. The highest BCUT2D eigenvalue weighted by molar-refractivity contribution is 5.97. The van der Waals surface area contributed by atoms with Crippen molar-refractivity contribution >= 4 is 24.1 Å². The lowest BCUT2D eigenvalue weighted by Gasteiger charge is -2.09. The van der Waals surface area contributed by atoms with E-state index >= 15 is 0 Å². The Labute approximate surface area is 133 Å². The molecule has 3 rings (SSSR count).